The third kappa shape index (κ3) is 3.42. The van der Waals surface area contributed by atoms with E-state index >= 15 is 0 Å². The zero-order valence-corrected chi connectivity index (χ0v) is 13.0. The van der Waals surface area contributed by atoms with Crippen LogP contribution in [0.4, 0.5) is 10.7 Å². The zero-order chi connectivity index (χ0) is 17.1. The normalized spacial score (nSPS) is 17.7. The van der Waals surface area contributed by atoms with Gasteiger partial charge in [0.1, 0.15) is 16.7 Å². The second kappa shape index (κ2) is 6.65. The van der Waals surface area contributed by atoms with Gasteiger partial charge in [-0.05, 0) is 31.7 Å². The summed E-state index contributed by atoms with van der Waals surface area (Å²) >= 11 is 0.619. The summed E-state index contributed by atoms with van der Waals surface area (Å²) in [5.41, 5.74) is 0. The number of nitro groups is 1. The zero-order valence-electron chi connectivity index (χ0n) is 12.2. The highest BCUT2D eigenvalue weighted by atomic mass is 32.2. The molecule has 1 aromatic rings. The summed E-state index contributed by atoms with van der Waals surface area (Å²) in [5, 5.41) is 9.93. The monoisotopic (exact) mass is 340 g/mol. The molecule has 122 valence electrons. The Bertz CT molecular complexity index is 709. The number of hydrogen-bond acceptors (Lipinski definition) is 8. The van der Waals surface area contributed by atoms with Gasteiger partial charge in [-0.25, -0.2) is 4.79 Å². The van der Waals surface area contributed by atoms with Crippen molar-refractivity contribution in [1.82, 2.24) is 4.90 Å². The second-order valence-electron chi connectivity index (χ2n) is 4.41. The lowest BCUT2D eigenvalue weighted by atomic mass is 10.3. The Morgan fingerprint density at radius 2 is 2.22 bits per heavy atom. The van der Waals surface area contributed by atoms with Gasteiger partial charge in [-0.3, -0.25) is 24.6 Å². The Labute approximate surface area is 134 Å². The number of imide groups is 1. The number of rotatable bonds is 5. The van der Waals surface area contributed by atoms with E-state index in [1.165, 1.54) is 19.1 Å². The van der Waals surface area contributed by atoms with Crippen molar-refractivity contribution in [1.29, 1.82) is 0 Å². The molecule has 0 aromatic carbocycles. The molecule has 0 radical (unpaired) electrons. The van der Waals surface area contributed by atoms with Crippen molar-refractivity contribution in [2.75, 3.05) is 6.61 Å². The molecular formula is C13H12N2O7S. The molecule has 1 saturated heterocycles. The predicted octanol–water partition coefficient (Wildman–Crippen LogP) is 2.18. The SMILES string of the molecule is CCOC(=O)[C@H](C)N1C(=O)S/C(=C/c2ccc([N+](=O)[O-])o2)C1=O. The van der Waals surface area contributed by atoms with Crippen molar-refractivity contribution in [3.63, 3.8) is 0 Å². The average molecular weight is 340 g/mol. The summed E-state index contributed by atoms with van der Waals surface area (Å²) in [6.45, 7) is 3.13. The number of nitrogens with zero attached hydrogens (tertiary/aromatic N) is 2. The highest BCUT2D eigenvalue weighted by molar-refractivity contribution is 8.18. The lowest BCUT2D eigenvalue weighted by Gasteiger charge is -2.19. The summed E-state index contributed by atoms with van der Waals surface area (Å²) in [6.07, 6.45) is 1.22. The highest BCUT2D eigenvalue weighted by Crippen LogP contribution is 2.34. The first kappa shape index (κ1) is 16.7. The Balaban J connectivity index is 2.21. The fourth-order valence-electron chi connectivity index (χ4n) is 1.83. The first-order valence-corrected chi connectivity index (χ1v) is 7.34. The molecule has 1 aliphatic rings. The smallest absolute Gasteiger partial charge is 0.433 e. The molecule has 0 spiro atoms. The van der Waals surface area contributed by atoms with Crippen LogP contribution in [-0.2, 0) is 14.3 Å². The molecule has 0 unspecified atom stereocenters. The van der Waals surface area contributed by atoms with Crippen LogP contribution >= 0.6 is 11.8 Å². The summed E-state index contributed by atoms with van der Waals surface area (Å²) in [4.78, 5) is 46.5. The largest absolute Gasteiger partial charge is 0.464 e. The number of carbonyl (C=O) groups excluding carboxylic acids is 3. The maximum absolute atomic E-state index is 12.2. The summed E-state index contributed by atoms with van der Waals surface area (Å²) in [5.74, 6) is -1.79. The molecular weight excluding hydrogens is 328 g/mol. The minimum atomic E-state index is -1.06. The molecule has 1 fully saturated rings. The van der Waals surface area contributed by atoms with Gasteiger partial charge in [-0.15, -0.1) is 0 Å². The third-order valence-electron chi connectivity index (χ3n) is 2.90. The van der Waals surface area contributed by atoms with Gasteiger partial charge in [0.15, 0.2) is 0 Å². The third-order valence-corrected chi connectivity index (χ3v) is 3.79. The van der Waals surface area contributed by atoms with Gasteiger partial charge in [0.2, 0.25) is 0 Å². The fraction of sp³-hybridized carbons (Fsp3) is 0.308. The van der Waals surface area contributed by atoms with Gasteiger partial charge in [0.25, 0.3) is 11.1 Å². The maximum Gasteiger partial charge on any atom is 0.433 e. The number of furan rings is 1. The number of thioether (sulfide) groups is 1. The van der Waals surface area contributed by atoms with Crippen LogP contribution in [0.5, 0.6) is 0 Å². The standard InChI is InChI=1S/C13H12N2O7S/c1-3-21-12(17)7(2)14-11(16)9(23-13(14)18)6-8-4-5-10(22-8)15(19)20/h4-7H,3H2,1-2H3/b9-6+/t7-/m0/s1. The van der Waals surface area contributed by atoms with E-state index in [2.05, 4.69) is 0 Å². The molecule has 0 aliphatic carbocycles. The summed E-state index contributed by atoms with van der Waals surface area (Å²) in [6, 6.07) is 1.39. The lowest BCUT2D eigenvalue weighted by Crippen LogP contribution is -2.42. The van der Waals surface area contributed by atoms with Crippen LogP contribution in [0.1, 0.15) is 19.6 Å². The van der Waals surface area contributed by atoms with Crippen LogP contribution in [-0.4, -0.2) is 39.6 Å². The predicted molar refractivity (Wildman–Crippen MR) is 79.3 cm³/mol. The Morgan fingerprint density at radius 1 is 1.52 bits per heavy atom. The number of carbonyl (C=O) groups is 3. The first-order valence-electron chi connectivity index (χ1n) is 6.53. The molecule has 23 heavy (non-hydrogen) atoms. The van der Waals surface area contributed by atoms with Crippen molar-refractivity contribution in [3.8, 4) is 0 Å². The molecule has 1 aliphatic heterocycles. The van der Waals surface area contributed by atoms with Gasteiger partial charge in [0, 0.05) is 6.08 Å². The molecule has 0 saturated carbocycles. The minimum absolute atomic E-state index is 0.00963. The minimum Gasteiger partial charge on any atom is -0.464 e. The van der Waals surface area contributed by atoms with Crippen LogP contribution in [0.15, 0.2) is 21.5 Å². The topological polar surface area (TPSA) is 120 Å². The van der Waals surface area contributed by atoms with E-state index in [0.717, 1.165) is 11.0 Å². The van der Waals surface area contributed by atoms with E-state index in [1.807, 2.05) is 0 Å². The quantitative estimate of drug-likeness (QED) is 0.346. The molecule has 1 aromatic heterocycles. The van der Waals surface area contributed by atoms with Crippen LogP contribution in [0.3, 0.4) is 0 Å². The number of ether oxygens (including phenoxy) is 1. The molecule has 9 nitrogen and oxygen atoms in total. The lowest BCUT2D eigenvalue weighted by molar-refractivity contribution is -0.402. The number of hydrogen-bond donors (Lipinski definition) is 0. The van der Waals surface area contributed by atoms with Crippen molar-refractivity contribution in [2.45, 2.75) is 19.9 Å². The molecule has 1 atom stereocenters. The molecule has 10 heteroatoms. The second-order valence-corrected chi connectivity index (χ2v) is 5.41. The van der Waals surface area contributed by atoms with E-state index in [9.17, 15) is 24.5 Å². The van der Waals surface area contributed by atoms with Gasteiger partial charge < -0.3 is 9.15 Å². The van der Waals surface area contributed by atoms with E-state index in [-0.39, 0.29) is 17.3 Å². The highest BCUT2D eigenvalue weighted by Gasteiger charge is 2.41. The number of esters is 1. The Morgan fingerprint density at radius 3 is 2.78 bits per heavy atom. The van der Waals surface area contributed by atoms with Crippen molar-refractivity contribution in [3.05, 3.63) is 32.9 Å². The van der Waals surface area contributed by atoms with E-state index in [4.69, 9.17) is 9.15 Å². The van der Waals surface area contributed by atoms with Crippen molar-refractivity contribution < 1.29 is 28.5 Å². The van der Waals surface area contributed by atoms with Crippen LogP contribution in [0, 0.1) is 10.1 Å². The van der Waals surface area contributed by atoms with E-state index < -0.39 is 34.0 Å². The summed E-state index contributed by atoms with van der Waals surface area (Å²) < 4.78 is 9.70. The fourth-order valence-corrected chi connectivity index (χ4v) is 2.72. The molecule has 0 N–H and O–H groups in total. The molecule has 2 rings (SSSR count). The number of amides is 2. The van der Waals surface area contributed by atoms with Crippen molar-refractivity contribution in [2.24, 2.45) is 0 Å². The van der Waals surface area contributed by atoms with Crippen LogP contribution < -0.4 is 0 Å². The first-order chi connectivity index (χ1) is 10.8. The average Bonchev–Trinajstić information content (AvgIpc) is 3.05. The van der Waals surface area contributed by atoms with Gasteiger partial charge in [0.05, 0.1) is 17.6 Å². The Kier molecular flexibility index (Phi) is 4.84. The van der Waals surface area contributed by atoms with Gasteiger partial charge in [-0.2, -0.15) is 0 Å². The van der Waals surface area contributed by atoms with Gasteiger partial charge >= 0.3 is 11.9 Å². The van der Waals surface area contributed by atoms with Crippen molar-refractivity contribution >= 4 is 40.8 Å². The Hall–Kier alpha value is -2.62. The molecule has 2 heterocycles. The molecule has 2 amide bonds. The summed E-state index contributed by atoms with van der Waals surface area (Å²) in [7, 11) is 0. The van der Waals surface area contributed by atoms with Gasteiger partial charge in [-0.1, -0.05) is 0 Å². The van der Waals surface area contributed by atoms with E-state index in [0.29, 0.717) is 11.8 Å². The van der Waals surface area contributed by atoms with Crippen LogP contribution in [0.25, 0.3) is 6.08 Å². The molecule has 0 bridgehead atoms. The van der Waals surface area contributed by atoms with E-state index in [1.54, 1.807) is 6.92 Å². The van der Waals surface area contributed by atoms with Crippen LogP contribution in [0.2, 0.25) is 0 Å². The maximum atomic E-state index is 12.2.